The second kappa shape index (κ2) is 3.30. The average molecular weight is 207 g/mol. The molecule has 0 bridgehead atoms. The van der Waals surface area contributed by atoms with E-state index in [-0.39, 0.29) is 5.71 Å². The summed E-state index contributed by atoms with van der Waals surface area (Å²) in [5.74, 6) is 0. The van der Waals surface area contributed by atoms with Gasteiger partial charge in [-0.05, 0) is 6.92 Å². The highest BCUT2D eigenvalue weighted by Gasteiger charge is 2.36. The zero-order valence-electron chi connectivity index (χ0n) is 8.30. The third-order valence-corrected chi connectivity index (χ3v) is 8.23. The Kier molecular flexibility index (Phi) is 3.25. The predicted octanol–water partition coefficient (Wildman–Crippen LogP) is 1.32. The summed E-state index contributed by atoms with van der Waals surface area (Å²) in [5.41, 5.74) is 0.275. The van der Waals surface area contributed by atoms with Crippen LogP contribution in [0.25, 0.3) is 0 Å². The fraction of sp³-hybridized carbons (Fsp3) is 0.857. The van der Waals surface area contributed by atoms with E-state index in [0.717, 1.165) is 0 Å². The Hall–Kier alpha value is -0.163. The lowest BCUT2D eigenvalue weighted by molar-refractivity contribution is 0.602. The molecular weight excluding hydrogens is 190 g/mol. The van der Waals surface area contributed by atoms with Crippen LogP contribution in [0.3, 0.4) is 0 Å². The number of hydrogen-bond donors (Lipinski definition) is 1. The van der Waals surface area contributed by atoms with Gasteiger partial charge in [0.05, 0.1) is 12.9 Å². The minimum atomic E-state index is -3.08. The topological polar surface area (TPSA) is 58.0 Å². The van der Waals surface area contributed by atoms with Crippen molar-refractivity contribution in [1.29, 1.82) is 5.41 Å². The molecule has 5 heteroatoms. The summed E-state index contributed by atoms with van der Waals surface area (Å²) in [5, 5.41) is 7.42. The van der Waals surface area contributed by atoms with Crippen molar-refractivity contribution in [3.8, 4) is 0 Å². The van der Waals surface area contributed by atoms with Crippen LogP contribution >= 0.6 is 0 Å². The fourth-order valence-corrected chi connectivity index (χ4v) is 8.69. The quantitative estimate of drug-likeness (QED) is 0.560. The first-order valence-corrected chi connectivity index (χ1v) is 9.34. The Morgan fingerprint density at radius 1 is 1.33 bits per heavy atom. The number of hydrogen-bond acceptors (Lipinski definition) is 3. The van der Waals surface area contributed by atoms with Crippen LogP contribution in [0, 0.1) is 5.41 Å². The first-order chi connectivity index (χ1) is 5.07. The van der Waals surface area contributed by atoms with Gasteiger partial charge in [-0.15, -0.1) is 0 Å². The predicted molar refractivity (Wildman–Crippen MR) is 55.4 cm³/mol. The van der Waals surface area contributed by atoms with E-state index in [1.54, 1.807) is 6.92 Å². The molecule has 1 atom stereocenters. The van der Waals surface area contributed by atoms with E-state index in [1.165, 1.54) is 6.26 Å². The van der Waals surface area contributed by atoms with Crippen LogP contribution in [0.5, 0.6) is 0 Å². The molecule has 1 N–H and O–H groups in total. The smallest absolute Gasteiger partial charge is 0.152 e. The van der Waals surface area contributed by atoms with Crippen LogP contribution in [0.4, 0.5) is 0 Å². The molecule has 0 heterocycles. The van der Waals surface area contributed by atoms with Crippen LogP contribution in [0.1, 0.15) is 6.92 Å². The maximum Gasteiger partial charge on any atom is 0.152 e. The molecule has 12 heavy (non-hydrogen) atoms. The molecule has 0 aliphatic heterocycles. The molecule has 3 nitrogen and oxygen atoms in total. The lowest BCUT2D eigenvalue weighted by Crippen LogP contribution is -2.48. The Bertz CT molecular complexity index is 276. The van der Waals surface area contributed by atoms with Gasteiger partial charge in [0.25, 0.3) is 0 Å². The molecule has 0 rings (SSSR count). The standard InChI is InChI=1S/C7H17NO2SSi/c1-6(8)7(11(2,9)10)12(3,4)5/h7-8H,1-5H3. The third-order valence-electron chi connectivity index (χ3n) is 1.61. The van der Waals surface area contributed by atoms with E-state index in [4.69, 9.17) is 5.41 Å². The first-order valence-electron chi connectivity index (χ1n) is 3.80. The van der Waals surface area contributed by atoms with Crippen molar-refractivity contribution in [2.24, 2.45) is 0 Å². The number of sulfone groups is 1. The summed E-state index contributed by atoms with van der Waals surface area (Å²) in [6.45, 7) is 7.48. The monoisotopic (exact) mass is 207 g/mol. The molecule has 0 aromatic rings. The van der Waals surface area contributed by atoms with Crippen LogP contribution in [-0.2, 0) is 9.84 Å². The zero-order valence-corrected chi connectivity index (χ0v) is 10.1. The molecule has 0 saturated carbocycles. The Morgan fingerprint density at radius 3 is 1.67 bits per heavy atom. The fourth-order valence-electron chi connectivity index (χ4n) is 1.61. The summed E-state index contributed by atoms with van der Waals surface area (Å²) in [6, 6.07) is 0. The molecule has 0 radical (unpaired) electrons. The largest absolute Gasteiger partial charge is 0.309 e. The van der Waals surface area contributed by atoms with E-state index < -0.39 is 22.8 Å². The molecule has 0 aliphatic rings. The lowest BCUT2D eigenvalue weighted by atomic mass is 10.5. The van der Waals surface area contributed by atoms with Gasteiger partial charge >= 0.3 is 0 Å². The highest BCUT2D eigenvalue weighted by atomic mass is 32.2. The van der Waals surface area contributed by atoms with Gasteiger partial charge < -0.3 is 5.41 Å². The second-order valence-corrected chi connectivity index (χ2v) is 12.1. The van der Waals surface area contributed by atoms with Crippen LogP contribution in [0.15, 0.2) is 0 Å². The van der Waals surface area contributed by atoms with Crippen molar-refractivity contribution in [2.75, 3.05) is 6.26 Å². The van der Waals surface area contributed by atoms with Crippen molar-refractivity contribution in [3.63, 3.8) is 0 Å². The summed E-state index contributed by atoms with van der Waals surface area (Å²) in [4.78, 5) is -0.523. The Balaban J connectivity index is 5.11. The van der Waals surface area contributed by atoms with Gasteiger partial charge in [0.2, 0.25) is 0 Å². The minimum absolute atomic E-state index is 0.275. The van der Waals surface area contributed by atoms with Crippen LogP contribution in [-0.4, -0.2) is 33.3 Å². The van der Waals surface area contributed by atoms with Gasteiger partial charge in [0.1, 0.15) is 0 Å². The number of nitrogens with one attached hydrogen (secondary N) is 1. The Labute approximate surface area is 75.6 Å². The van der Waals surface area contributed by atoms with Crippen LogP contribution < -0.4 is 0 Å². The SMILES string of the molecule is CC(=N)C([Si](C)(C)C)S(C)(=O)=O. The molecular formula is C7H17NO2SSi. The van der Waals surface area contributed by atoms with Crippen molar-refractivity contribution in [2.45, 2.75) is 31.4 Å². The Morgan fingerprint density at radius 2 is 1.67 bits per heavy atom. The van der Waals surface area contributed by atoms with E-state index in [1.807, 2.05) is 19.6 Å². The molecule has 0 amide bonds. The van der Waals surface area contributed by atoms with E-state index >= 15 is 0 Å². The molecule has 0 fully saturated rings. The second-order valence-electron chi connectivity index (χ2n) is 4.26. The summed E-state index contributed by atoms with van der Waals surface area (Å²) < 4.78 is 22.6. The zero-order chi connectivity index (χ0) is 10.2. The molecule has 0 aliphatic carbocycles. The highest BCUT2D eigenvalue weighted by molar-refractivity contribution is 7.94. The summed E-state index contributed by atoms with van der Waals surface area (Å²) in [7, 11) is -4.88. The van der Waals surface area contributed by atoms with E-state index in [2.05, 4.69) is 0 Å². The summed E-state index contributed by atoms with van der Waals surface area (Å²) >= 11 is 0. The van der Waals surface area contributed by atoms with Crippen molar-refractivity contribution in [3.05, 3.63) is 0 Å². The van der Waals surface area contributed by atoms with Gasteiger partial charge in [-0.1, -0.05) is 19.6 Å². The molecule has 0 spiro atoms. The van der Waals surface area contributed by atoms with Crippen molar-refractivity contribution in [1.82, 2.24) is 0 Å². The first kappa shape index (κ1) is 11.8. The molecule has 0 aromatic heterocycles. The molecule has 0 aromatic carbocycles. The van der Waals surface area contributed by atoms with E-state index in [9.17, 15) is 8.42 Å². The van der Waals surface area contributed by atoms with Gasteiger partial charge in [0.15, 0.2) is 9.84 Å². The number of rotatable bonds is 3. The van der Waals surface area contributed by atoms with Gasteiger partial charge in [-0.3, -0.25) is 0 Å². The minimum Gasteiger partial charge on any atom is -0.309 e. The van der Waals surface area contributed by atoms with Gasteiger partial charge in [-0.25, -0.2) is 8.42 Å². The van der Waals surface area contributed by atoms with Crippen molar-refractivity contribution < 1.29 is 8.42 Å². The third kappa shape index (κ3) is 3.06. The molecule has 72 valence electrons. The maximum atomic E-state index is 11.3. The highest BCUT2D eigenvalue weighted by Crippen LogP contribution is 2.16. The lowest BCUT2D eigenvalue weighted by Gasteiger charge is -2.26. The molecule has 1 unspecified atom stereocenters. The average Bonchev–Trinajstić information content (AvgIpc) is 1.49. The maximum absolute atomic E-state index is 11.3. The van der Waals surface area contributed by atoms with Crippen molar-refractivity contribution >= 4 is 23.6 Å². The van der Waals surface area contributed by atoms with Gasteiger partial charge in [-0.2, -0.15) is 0 Å². The summed E-state index contributed by atoms with van der Waals surface area (Å²) in [6.07, 6.45) is 1.22. The van der Waals surface area contributed by atoms with Crippen LogP contribution in [0.2, 0.25) is 19.6 Å². The normalized spacial score (nSPS) is 15.8. The van der Waals surface area contributed by atoms with Gasteiger partial charge in [0, 0.05) is 12.0 Å². The molecule has 0 saturated heterocycles. The van der Waals surface area contributed by atoms with E-state index in [0.29, 0.717) is 0 Å².